The fraction of sp³-hybridized carbons (Fsp3) is 0.450. The van der Waals surface area contributed by atoms with Gasteiger partial charge in [0, 0.05) is 37.8 Å². The molecule has 0 aliphatic carbocycles. The largest absolute Gasteiger partial charge is 0.351 e. The zero-order valence-electron chi connectivity index (χ0n) is 15.5. The van der Waals surface area contributed by atoms with Crippen molar-refractivity contribution in [3.63, 3.8) is 0 Å². The van der Waals surface area contributed by atoms with Crippen LogP contribution in [-0.4, -0.2) is 46.5 Å². The van der Waals surface area contributed by atoms with Crippen LogP contribution in [-0.2, 0) is 13.0 Å². The zero-order valence-corrected chi connectivity index (χ0v) is 15.5. The SMILES string of the molecule is Cc1ccc(F)c2c1CCN(c1cnc(C(=O)N3CCC(N)CC3)cn1)C2. The lowest BCUT2D eigenvalue weighted by Crippen LogP contribution is -2.43. The number of aromatic nitrogens is 2. The number of nitrogens with two attached hydrogens (primary N) is 1. The standard InChI is InChI=1S/C20H24FN5O/c1-13-2-3-17(21)16-12-26(9-6-15(13)16)19-11-23-18(10-24-19)20(27)25-7-4-14(22)5-8-25/h2-3,10-11,14H,4-9,12,22H2,1H3. The summed E-state index contributed by atoms with van der Waals surface area (Å²) in [5.74, 6) is 0.383. The molecule has 2 N–H and O–H groups in total. The van der Waals surface area contributed by atoms with Gasteiger partial charge in [0.15, 0.2) is 0 Å². The quantitative estimate of drug-likeness (QED) is 0.877. The van der Waals surface area contributed by atoms with E-state index in [0.717, 1.165) is 42.5 Å². The minimum absolute atomic E-state index is 0.105. The number of nitrogens with zero attached hydrogens (tertiary/aromatic N) is 4. The third kappa shape index (κ3) is 3.51. The molecule has 1 saturated heterocycles. The number of likely N-dealkylation sites (tertiary alicyclic amines) is 1. The summed E-state index contributed by atoms with van der Waals surface area (Å²) in [7, 11) is 0. The molecule has 0 radical (unpaired) electrons. The van der Waals surface area contributed by atoms with E-state index in [-0.39, 0.29) is 17.8 Å². The van der Waals surface area contributed by atoms with Gasteiger partial charge in [0.05, 0.1) is 12.4 Å². The van der Waals surface area contributed by atoms with Crippen molar-refractivity contribution in [3.05, 3.63) is 52.7 Å². The summed E-state index contributed by atoms with van der Waals surface area (Å²) in [6.07, 6.45) is 5.54. The highest BCUT2D eigenvalue weighted by Gasteiger charge is 2.25. The van der Waals surface area contributed by atoms with E-state index in [1.807, 2.05) is 17.9 Å². The number of benzene rings is 1. The van der Waals surface area contributed by atoms with E-state index in [2.05, 4.69) is 9.97 Å². The number of amides is 1. The second-order valence-electron chi connectivity index (χ2n) is 7.38. The second-order valence-corrected chi connectivity index (χ2v) is 7.38. The molecular weight excluding hydrogens is 345 g/mol. The van der Waals surface area contributed by atoms with Crippen molar-refractivity contribution in [1.29, 1.82) is 0 Å². The van der Waals surface area contributed by atoms with Gasteiger partial charge in [-0.1, -0.05) is 6.07 Å². The summed E-state index contributed by atoms with van der Waals surface area (Å²) < 4.78 is 14.2. The first-order chi connectivity index (χ1) is 13.0. The molecule has 1 amide bonds. The molecule has 4 rings (SSSR count). The molecule has 0 saturated carbocycles. The number of carbonyl (C=O) groups is 1. The summed E-state index contributed by atoms with van der Waals surface area (Å²) in [6.45, 7) is 4.55. The minimum atomic E-state index is -0.177. The van der Waals surface area contributed by atoms with Crippen LogP contribution in [0.15, 0.2) is 24.5 Å². The first kappa shape index (κ1) is 17.9. The van der Waals surface area contributed by atoms with Crippen molar-refractivity contribution in [2.75, 3.05) is 24.5 Å². The lowest BCUT2D eigenvalue weighted by atomic mass is 9.95. The van der Waals surface area contributed by atoms with Gasteiger partial charge in [0.2, 0.25) is 0 Å². The van der Waals surface area contributed by atoms with E-state index in [1.165, 1.54) is 12.3 Å². The third-order valence-electron chi connectivity index (χ3n) is 5.60. The number of piperidine rings is 1. The van der Waals surface area contributed by atoms with E-state index in [9.17, 15) is 9.18 Å². The Morgan fingerprint density at radius 2 is 1.93 bits per heavy atom. The number of rotatable bonds is 2. The highest BCUT2D eigenvalue weighted by molar-refractivity contribution is 5.92. The number of carbonyl (C=O) groups excluding carboxylic acids is 1. The molecule has 0 unspecified atom stereocenters. The van der Waals surface area contributed by atoms with Gasteiger partial charge in [-0.2, -0.15) is 0 Å². The lowest BCUT2D eigenvalue weighted by molar-refractivity contribution is 0.0708. The van der Waals surface area contributed by atoms with Gasteiger partial charge in [-0.3, -0.25) is 4.79 Å². The van der Waals surface area contributed by atoms with E-state index in [1.54, 1.807) is 11.1 Å². The number of fused-ring (bicyclic) bond motifs is 1. The molecule has 27 heavy (non-hydrogen) atoms. The van der Waals surface area contributed by atoms with E-state index in [0.29, 0.717) is 31.1 Å². The van der Waals surface area contributed by atoms with Gasteiger partial charge in [-0.15, -0.1) is 0 Å². The van der Waals surface area contributed by atoms with E-state index in [4.69, 9.17) is 5.73 Å². The van der Waals surface area contributed by atoms with Crippen LogP contribution in [0, 0.1) is 12.7 Å². The fourth-order valence-electron chi connectivity index (χ4n) is 3.87. The highest BCUT2D eigenvalue weighted by atomic mass is 19.1. The smallest absolute Gasteiger partial charge is 0.274 e. The first-order valence-corrected chi connectivity index (χ1v) is 9.41. The molecule has 0 spiro atoms. The van der Waals surface area contributed by atoms with Crippen LogP contribution in [0.25, 0.3) is 0 Å². The van der Waals surface area contributed by atoms with E-state index < -0.39 is 0 Å². The molecule has 6 nitrogen and oxygen atoms in total. The second kappa shape index (κ2) is 7.23. The normalized spacial score (nSPS) is 17.7. The van der Waals surface area contributed by atoms with Gasteiger partial charge in [0.1, 0.15) is 17.3 Å². The molecule has 1 aromatic heterocycles. The third-order valence-corrected chi connectivity index (χ3v) is 5.60. The summed E-state index contributed by atoms with van der Waals surface area (Å²) in [5.41, 5.74) is 9.18. The molecule has 2 aliphatic heterocycles. The predicted molar refractivity (Wildman–Crippen MR) is 101 cm³/mol. The van der Waals surface area contributed by atoms with Crippen molar-refractivity contribution >= 4 is 11.7 Å². The van der Waals surface area contributed by atoms with Gasteiger partial charge in [-0.25, -0.2) is 14.4 Å². The maximum absolute atomic E-state index is 14.2. The number of hydrogen-bond donors (Lipinski definition) is 1. The maximum atomic E-state index is 14.2. The van der Waals surface area contributed by atoms with Crippen LogP contribution in [0.5, 0.6) is 0 Å². The Morgan fingerprint density at radius 1 is 1.15 bits per heavy atom. The highest BCUT2D eigenvalue weighted by Crippen LogP contribution is 2.27. The van der Waals surface area contributed by atoms with Crippen molar-refractivity contribution < 1.29 is 9.18 Å². The number of anilines is 1. The molecule has 2 aliphatic rings. The van der Waals surface area contributed by atoms with Crippen LogP contribution >= 0.6 is 0 Å². The van der Waals surface area contributed by atoms with Crippen molar-refractivity contribution in [2.24, 2.45) is 5.73 Å². The molecule has 0 bridgehead atoms. The first-order valence-electron chi connectivity index (χ1n) is 9.41. The predicted octanol–water partition coefficient (Wildman–Crippen LogP) is 2.05. The molecule has 1 fully saturated rings. The van der Waals surface area contributed by atoms with Crippen LogP contribution in [0.2, 0.25) is 0 Å². The Bertz CT molecular complexity index is 846. The number of aryl methyl sites for hydroxylation is 1. The average molecular weight is 369 g/mol. The van der Waals surface area contributed by atoms with Crippen LogP contribution < -0.4 is 10.6 Å². The Morgan fingerprint density at radius 3 is 2.63 bits per heavy atom. The summed E-state index contributed by atoms with van der Waals surface area (Å²) >= 11 is 0. The van der Waals surface area contributed by atoms with Gasteiger partial charge < -0.3 is 15.5 Å². The summed E-state index contributed by atoms with van der Waals surface area (Å²) in [4.78, 5) is 25.1. The average Bonchev–Trinajstić information content (AvgIpc) is 2.71. The topological polar surface area (TPSA) is 75.4 Å². The van der Waals surface area contributed by atoms with Crippen LogP contribution in [0.4, 0.5) is 10.2 Å². The Labute approximate surface area is 158 Å². The van der Waals surface area contributed by atoms with Crippen molar-refractivity contribution in [2.45, 2.75) is 38.8 Å². The van der Waals surface area contributed by atoms with E-state index >= 15 is 0 Å². The number of hydrogen-bond acceptors (Lipinski definition) is 5. The van der Waals surface area contributed by atoms with Crippen LogP contribution in [0.1, 0.15) is 40.0 Å². The molecule has 3 heterocycles. The molecule has 142 valence electrons. The summed E-state index contributed by atoms with van der Waals surface area (Å²) in [5, 5.41) is 0. The molecule has 7 heteroatoms. The number of halogens is 1. The van der Waals surface area contributed by atoms with Gasteiger partial charge in [-0.05, 0) is 43.4 Å². The summed E-state index contributed by atoms with van der Waals surface area (Å²) in [6, 6.07) is 3.53. The Hall–Kier alpha value is -2.54. The maximum Gasteiger partial charge on any atom is 0.274 e. The molecule has 1 aromatic carbocycles. The molecule has 2 aromatic rings. The van der Waals surface area contributed by atoms with Crippen molar-refractivity contribution in [1.82, 2.24) is 14.9 Å². The monoisotopic (exact) mass is 369 g/mol. The zero-order chi connectivity index (χ0) is 19.0. The minimum Gasteiger partial charge on any atom is -0.351 e. The lowest BCUT2D eigenvalue weighted by Gasteiger charge is -2.31. The van der Waals surface area contributed by atoms with Gasteiger partial charge in [0.25, 0.3) is 5.91 Å². The van der Waals surface area contributed by atoms with Crippen molar-refractivity contribution in [3.8, 4) is 0 Å². The van der Waals surface area contributed by atoms with Gasteiger partial charge >= 0.3 is 0 Å². The Kier molecular flexibility index (Phi) is 4.78. The van der Waals surface area contributed by atoms with Crippen LogP contribution in [0.3, 0.4) is 0 Å². The fourth-order valence-corrected chi connectivity index (χ4v) is 3.87. The molecular formula is C20H24FN5O. The Balaban J connectivity index is 1.48. The molecule has 0 atom stereocenters.